The van der Waals surface area contributed by atoms with Crippen molar-refractivity contribution in [2.24, 2.45) is 88.1 Å². The lowest BCUT2D eigenvalue weighted by Gasteiger charge is -2.42. The van der Waals surface area contributed by atoms with Gasteiger partial charge in [0.25, 0.3) is 0 Å². The van der Waals surface area contributed by atoms with E-state index < -0.39 is 34.5 Å². The van der Waals surface area contributed by atoms with Crippen LogP contribution in [0.1, 0.15) is 469 Å². The monoisotopic (exact) mass is 1480 g/mol. The number of halogens is 7. The Morgan fingerprint density at radius 3 is 0.637 bits per heavy atom. The van der Waals surface area contributed by atoms with Crippen molar-refractivity contribution in [1.29, 1.82) is 0 Å². The van der Waals surface area contributed by atoms with Gasteiger partial charge >= 0.3 is 0 Å². The predicted molar refractivity (Wildman–Crippen MR) is 455 cm³/mol. The zero-order valence-corrected chi connectivity index (χ0v) is 80.2. The van der Waals surface area contributed by atoms with Gasteiger partial charge in [-0.2, -0.15) is 0 Å². The van der Waals surface area contributed by atoms with Gasteiger partial charge in [0.2, 0.25) is 0 Å². The third-order valence-corrected chi connectivity index (χ3v) is 15.6. The quantitative estimate of drug-likeness (QED) is 0.140. The van der Waals surface area contributed by atoms with Gasteiger partial charge in [-0.1, -0.05) is 325 Å². The predicted octanol–water partition coefficient (Wildman–Crippen LogP) is 35.5. The van der Waals surface area contributed by atoms with Crippen molar-refractivity contribution in [1.82, 2.24) is 0 Å². The minimum atomic E-state index is -1.02. The van der Waals surface area contributed by atoms with Crippen molar-refractivity contribution < 1.29 is 35.5 Å². The lowest BCUT2D eigenvalue weighted by Crippen LogP contribution is -2.42. The summed E-state index contributed by atoms with van der Waals surface area (Å²) in [5.41, 5.74) is -0.703. The van der Waals surface area contributed by atoms with Gasteiger partial charge in [0.15, 0.2) is 0 Å². The van der Waals surface area contributed by atoms with E-state index in [1.54, 1.807) is 34.6 Å². The molecule has 2 aliphatic rings. The first-order valence-electron chi connectivity index (χ1n) is 41.0. The Morgan fingerprint density at radius 1 is 0.324 bits per heavy atom. The zero-order chi connectivity index (χ0) is 84.9. The second-order valence-corrected chi connectivity index (χ2v) is 48.9. The summed E-state index contributed by atoms with van der Waals surface area (Å²) in [5.74, 6) is 1.96. The summed E-state index contributed by atoms with van der Waals surface area (Å²) in [4.78, 5) is 0. The lowest BCUT2D eigenvalue weighted by molar-refractivity contribution is -0.119. The Morgan fingerprint density at radius 2 is 0.578 bits per heavy atom. The standard InChI is InChI=1S/3C9H19F.C9H18O.2C9H20.C8H15F.3C8H17F.C8H18/c3*1-6-9(5,10)7-8(2,3)4;1-8(2,3)5-9(4)6-10-7-9;1-8(2,3)7-9(4,5)6;1-6-8(2)7-9(3,4)5;1-7(2,3)6-8(9)4-5-8;1-7(6-9)5-8(2,3)4;1-7(2,3)6-8(4,5)9;1-5-7(9)6-8(2,3)4;1-7(2)6-8(3,4)5/h3*6-7H2,1-5H3;5-7H2,1-4H3;7H2,1-6H3;8H,6-7H2,1-5H3;4-6H2,1-3H3;7H,5-6H2,1-4H3;6H2,1-5H3;7H,5-6H2,1-4H3;7H,6H2,1-5H3. The van der Waals surface area contributed by atoms with E-state index in [0.29, 0.717) is 90.3 Å². The van der Waals surface area contributed by atoms with Crippen molar-refractivity contribution in [2.45, 2.75) is 503 Å². The average Bonchev–Trinajstić information content (AvgIpc) is 1.56. The van der Waals surface area contributed by atoms with E-state index in [1.807, 2.05) is 55.4 Å². The maximum Gasteiger partial charge on any atom is 0.111 e. The van der Waals surface area contributed by atoms with Gasteiger partial charge in [0.05, 0.1) is 19.9 Å². The summed E-state index contributed by atoms with van der Waals surface area (Å²) < 4.78 is 95.6. The van der Waals surface area contributed by atoms with Crippen molar-refractivity contribution >= 4 is 0 Å². The molecular formula is C94H199F7O. The minimum absolute atomic E-state index is 0.109. The highest BCUT2D eigenvalue weighted by Crippen LogP contribution is 2.48. The molecule has 0 aromatic rings. The molecule has 0 aromatic heterocycles. The fourth-order valence-corrected chi connectivity index (χ4v) is 14.0. The van der Waals surface area contributed by atoms with E-state index in [0.717, 1.165) is 50.7 Å². The van der Waals surface area contributed by atoms with E-state index in [4.69, 9.17) is 4.74 Å². The summed E-state index contributed by atoms with van der Waals surface area (Å²) in [6, 6.07) is 0. The van der Waals surface area contributed by atoms with Crippen molar-refractivity contribution in [3.8, 4) is 0 Å². The van der Waals surface area contributed by atoms with Crippen LogP contribution in [0.3, 0.4) is 0 Å². The summed E-state index contributed by atoms with van der Waals surface area (Å²) in [6.07, 6.45) is 15.0. The smallest absolute Gasteiger partial charge is 0.111 e. The molecule has 1 nitrogen and oxygen atoms in total. The third-order valence-electron chi connectivity index (χ3n) is 15.6. The van der Waals surface area contributed by atoms with Gasteiger partial charge in [-0.15, -0.1) is 0 Å². The first-order valence-corrected chi connectivity index (χ1v) is 41.0. The Hall–Kier alpha value is -0.530. The van der Waals surface area contributed by atoms with Crippen molar-refractivity contribution in [2.75, 3.05) is 19.9 Å². The average molecular weight is 1480 g/mol. The number of hydrogen-bond donors (Lipinski definition) is 0. The van der Waals surface area contributed by atoms with Gasteiger partial charge < -0.3 is 4.74 Å². The van der Waals surface area contributed by atoms with Gasteiger partial charge in [-0.3, -0.25) is 4.39 Å². The molecular weight excluding hydrogens is 1280 g/mol. The molecule has 2 fully saturated rings. The van der Waals surface area contributed by atoms with E-state index in [1.165, 1.54) is 32.1 Å². The van der Waals surface area contributed by atoms with E-state index >= 15 is 0 Å². The molecule has 1 aliphatic heterocycles. The maximum atomic E-state index is 13.3. The molecule has 0 N–H and O–H groups in total. The van der Waals surface area contributed by atoms with Crippen molar-refractivity contribution in [3.63, 3.8) is 0 Å². The van der Waals surface area contributed by atoms with Gasteiger partial charge in [-0.25, -0.2) is 26.3 Å². The Kier molecular flexibility index (Phi) is 58.3. The second kappa shape index (κ2) is 49.7. The number of ether oxygens (including phenoxy) is 1. The molecule has 6 atom stereocenters. The van der Waals surface area contributed by atoms with Crippen LogP contribution in [-0.4, -0.2) is 54.4 Å². The molecule has 1 saturated heterocycles. The molecule has 102 heavy (non-hydrogen) atoms. The molecule has 0 spiro atoms. The zero-order valence-electron chi connectivity index (χ0n) is 80.2. The third kappa shape index (κ3) is 120. The van der Waals surface area contributed by atoms with E-state index in [2.05, 4.69) is 263 Å². The van der Waals surface area contributed by atoms with Crippen LogP contribution in [0.2, 0.25) is 0 Å². The van der Waals surface area contributed by atoms with Crippen LogP contribution in [0.25, 0.3) is 0 Å². The molecule has 0 radical (unpaired) electrons. The largest absolute Gasteiger partial charge is 0.380 e. The van der Waals surface area contributed by atoms with Crippen LogP contribution in [-0.2, 0) is 4.74 Å². The number of alkyl halides is 7. The molecule has 6 unspecified atom stereocenters. The fourth-order valence-electron chi connectivity index (χ4n) is 14.0. The molecule has 1 aliphatic carbocycles. The normalized spacial score (nSPS) is 17.6. The topological polar surface area (TPSA) is 9.23 Å². The fraction of sp³-hybridized carbons (Fsp3) is 1.00. The molecule has 1 saturated carbocycles. The van der Waals surface area contributed by atoms with Crippen LogP contribution in [0.4, 0.5) is 30.7 Å². The molecule has 2 rings (SSSR count). The minimum Gasteiger partial charge on any atom is -0.380 e. The first kappa shape index (κ1) is 120. The van der Waals surface area contributed by atoms with Crippen molar-refractivity contribution in [3.05, 3.63) is 0 Å². The Bertz CT molecular complexity index is 1690. The first-order chi connectivity index (χ1) is 43.8. The molecule has 630 valence electrons. The lowest BCUT2D eigenvalue weighted by atomic mass is 9.74. The van der Waals surface area contributed by atoms with E-state index in [-0.39, 0.29) is 50.5 Å². The van der Waals surface area contributed by atoms with Gasteiger partial charge in [0, 0.05) is 5.41 Å². The molecule has 0 bridgehead atoms. The second-order valence-electron chi connectivity index (χ2n) is 48.9. The summed E-state index contributed by atoms with van der Waals surface area (Å²) in [7, 11) is 0. The summed E-state index contributed by atoms with van der Waals surface area (Å²) >= 11 is 0. The van der Waals surface area contributed by atoms with Crippen LogP contribution >= 0.6 is 0 Å². The van der Waals surface area contributed by atoms with E-state index in [9.17, 15) is 30.7 Å². The molecule has 0 aromatic carbocycles. The SMILES string of the molecule is CC(C)(C)CC(C)(C)C.CC(C)(C)CC(C)(C)F.CC(C)(C)CC1(C)COC1.CC(C)(C)CC1(F)CC1.CC(C)CC(C)(C)C.CC(CF)CC(C)(C)C.CCC(C)(F)CC(C)(C)C.CCC(C)(F)CC(C)(C)C.CCC(C)(F)CC(C)(C)C.CCC(C)CC(C)(C)C.CCC(F)CC(C)(C)C. The molecule has 1 heterocycles. The highest BCUT2D eigenvalue weighted by Gasteiger charge is 2.45. The Balaban J connectivity index is -0.000000133. The van der Waals surface area contributed by atoms with Gasteiger partial charge in [0.1, 0.15) is 34.5 Å². The summed E-state index contributed by atoms with van der Waals surface area (Å²) in [6.45, 7) is 109. The number of hydrogen-bond acceptors (Lipinski definition) is 1. The molecule has 0 amide bonds. The van der Waals surface area contributed by atoms with Crippen LogP contribution in [0.15, 0.2) is 0 Å². The maximum absolute atomic E-state index is 13.3. The Labute approximate surface area is 643 Å². The molecule has 8 heteroatoms. The highest BCUT2D eigenvalue weighted by molar-refractivity contribution is 4.96. The van der Waals surface area contributed by atoms with Crippen LogP contribution < -0.4 is 0 Å². The van der Waals surface area contributed by atoms with Crippen LogP contribution in [0.5, 0.6) is 0 Å². The number of rotatable bonds is 16. The van der Waals surface area contributed by atoms with Gasteiger partial charge in [-0.05, 0) is 227 Å². The summed E-state index contributed by atoms with van der Waals surface area (Å²) in [5, 5.41) is 0. The van der Waals surface area contributed by atoms with Crippen LogP contribution in [0, 0.1) is 88.1 Å². The highest BCUT2D eigenvalue weighted by atomic mass is 19.2.